The molecule has 0 spiro atoms. The third-order valence-corrected chi connectivity index (χ3v) is 3.21. The number of hydrogen-bond donors (Lipinski definition) is 0. The van der Waals surface area contributed by atoms with E-state index in [9.17, 15) is 4.39 Å². The summed E-state index contributed by atoms with van der Waals surface area (Å²) in [6.45, 7) is 0.0820. The van der Waals surface area contributed by atoms with Crippen LogP contribution >= 0.6 is 23.2 Å². The molecule has 0 amide bonds. The number of hydrogen-bond acceptors (Lipinski definition) is 2. The van der Waals surface area contributed by atoms with Crippen LogP contribution in [-0.4, -0.2) is 0 Å². The van der Waals surface area contributed by atoms with Crippen LogP contribution in [0.5, 0.6) is 5.75 Å². The van der Waals surface area contributed by atoms with Gasteiger partial charge in [0.2, 0.25) is 0 Å². The van der Waals surface area contributed by atoms with Gasteiger partial charge in [-0.15, -0.1) is 0 Å². The van der Waals surface area contributed by atoms with Gasteiger partial charge >= 0.3 is 0 Å². The standard InChI is InChI=1S/C14H8Cl2FNO/c15-13-4-3-12(6-14(13)16)19-8-10-5-11(17)2-1-9(10)7-18/h1-6H,8H2. The third kappa shape index (κ3) is 3.37. The lowest BCUT2D eigenvalue weighted by Gasteiger charge is -2.08. The Morgan fingerprint density at radius 1 is 1.11 bits per heavy atom. The first kappa shape index (κ1) is 13.7. The number of ether oxygens (including phenoxy) is 1. The first-order chi connectivity index (χ1) is 9.10. The Hall–Kier alpha value is -1.76. The van der Waals surface area contributed by atoms with Crippen LogP contribution in [0.15, 0.2) is 36.4 Å². The first-order valence-corrected chi connectivity index (χ1v) is 6.12. The second-order valence-electron chi connectivity index (χ2n) is 3.78. The molecule has 2 rings (SSSR count). The summed E-state index contributed by atoms with van der Waals surface area (Å²) in [6, 6.07) is 10.7. The monoisotopic (exact) mass is 295 g/mol. The number of rotatable bonds is 3. The van der Waals surface area contributed by atoms with Gasteiger partial charge in [-0.25, -0.2) is 4.39 Å². The van der Waals surface area contributed by atoms with E-state index in [1.54, 1.807) is 18.2 Å². The fourth-order valence-corrected chi connectivity index (χ4v) is 1.81. The molecule has 2 aromatic carbocycles. The van der Waals surface area contributed by atoms with E-state index < -0.39 is 5.82 Å². The quantitative estimate of drug-likeness (QED) is 0.830. The fourth-order valence-electron chi connectivity index (χ4n) is 1.52. The lowest BCUT2D eigenvalue weighted by atomic mass is 10.1. The first-order valence-electron chi connectivity index (χ1n) is 5.36. The molecule has 0 fully saturated rings. The van der Waals surface area contributed by atoms with Crippen molar-refractivity contribution >= 4 is 23.2 Å². The minimum atomic E-state index is -0.410. The number of benzene rings is 2. The van der Waals surface area contributed by atoms with E-state index in [2.05, 4.69) is 0 Å². The molecule has 2 nitrogen and oxygen atoms in total. The molecule has 2 aromatic rings. The fraction of sp³-hybridized carbons (Fsp3) is 0.0714. The summed E-state index contributed by atoms with van der Waals surface area (Å²) < 4.78 is 18.6. The normalized spacial score (nSPS) is 10.0. The molecule has 96 valence electrons. The van der Waals surface area contributed by atoms with E-state index in [1.807, 2.05) is 6.07 Å². The average molecular weight is 296 g/mol. The molecular weight excluding hydrogens is 288 g/mol. The van der Waals surface area contributed by atoms with Crippen LogP contribution in [0.25, 0.3) is 0 Å². The third-order valence-electron chi connectivity index (χ3n) is 2.47. The molecule has 0 atom stereocenters. The Kier molecular flexibility index (Phi) is 4.26. The highest BCUT2D eigenvalue weighted by molar-refractivity contribution is 6.42. The van der Waals surface area contributed by atoms with Crippen LogP contribution in [0.3, 0.4) is 0 Å². The van der Waals surface area contributed by atoms with Gasteiger partial charge in [0.1, 0.15) is 18.2 Å². The van der Waals surface area contributed by atoms with Crippen molar-refractivity contribution in [2.24, 2.45) is 0 Å². The van der Waals surface area contributed by atoms with E-state index >= 15 is 0 Å². The maximum absolute atomic E-state index is 13.1. The van der Waals surface area contributed by atoms with Crippen molar-refractivity contribution in [3.63, 3.8) is 0 Å². The van der Waals surface area contributed by atoms with Gasteiger partial charge in [0.15, 0.2) is 0 Å². The van der Waals surface area contributed by atoms with Gasteiger partial charge in [0, 0.05) is 11.6 Å². The zero-order chi connectivity index (χ0) is 13.8. The molecule has 0 N–H and O–H groups in total. The highest BCUT2D eigenvalue weighted by Gasteiger charge is 2.06. The number of nitriles is 1. The molecule has 0 unspecified atom stereocenters. The summed E-state index contributed by atoms with van der Waals surface area (Å²) >= 11 is 11.6. The molecule has 0 saturated heterocycles. The van der Waals surface area contributed by atoms with E-state index in [0.717, 1.165) is 0 Å². The van der Waals surface area contributed by atoms with E-state index in [-0.39, 0.29) is 6.61 Å². The lowest BCUT2D eigenvalue weighted by Crippen LogP contribution is -1.99. The van der Waals surface area contributed by atoms with E-state index in [1.165, 1.54) is 18.2 Å². The maximum atomic E-state index is 13.1. The SMILES string of the molecule is N#Cc1ccc(F)cc1COc1ccc(Cl)c(Cl)c1. The van der Waals surface area contributed by atoms with Gasteiger partial charge in [0.25, 0.3) is 0 Å². The molecule has 0 saturated carbocycles. The minimum absolute atomic E-state index is 0.0820. The van der Waals surface area contributed by atoms with Crippen molar-refractivity contribution in [3.05, 3.63) is 63.4 Å². The van der Waals surface area contributed by atoms with Crippen LogP contribution in [0.1, 0.15) is 11.1 Å². The molecule has 0 aliphatic rings. The highest BCUT2D eigenvalue weighted by Crippen LogP contribution is 2.27. The van der Waals surface area contributed by atoms with E-state index in [0.29, 0.717) is 26.9 Å². The van der Waals surface area contributed by atoms with Crippen molar-refractivity contribution in [2.75, 3.05) is 0 Å². The second kappa shape index (κ2) is 5.92. The topological polar surface area (TPSA) is 33.0 Å². The largest absolute Gasteiger partial charge is 0.489 e. The molecule has 0 aliphatic carbocycles. The average Bonchev–Trinajstić information content (AvgIpc) is 2.40. The number of halogens is 3. The Labute approximate surface area is 119 Å². The van der Waals surface area contributed by atoms with Gasteiger partial charge in [0.05, 0.1) is 21.7 Å². The van der Waals surface area contributed by atoms with Crippen molar-refractivity contribution in [2.45, 2.75) is 6.61 Å². The summed E-state index contributed by atoms with van der Waals surface area (Å²) in [5.41, 5.74) is 0.857. The minimum Gasteiger partial charge on any atom is -0.489 e. The van der Waals surface area contributed by atoms with Gasteiger partial charge < -0.3 is 4.74 Å². The summed E-state index contributed by atoms with van der Waals surface area (Å²) in [5, 5.41) is 9.72. The van der Waals surface area contributed by atoms with Gasteiger partial charge in [-0.1, -0.05) is 23.2 Å². The Morgan fingerprint density at radius 3 is 2.58 bits per heavy atom. The van der Waals surface area contributed by atoms with Crippen LogP contribution < -0.4 is 4.74 Å². The highest BCUT2D eigenvalue weighted by atomic mass is 35.5. The predicted octanol–water partition coefficient (Wildman–Crippen LogP) is 4.58. The summed E-state index contributed by atoms with van der Waals surface area (Å²) in [6.07, 6.45) is 0. The molecular formula is C14H8Cl2FNO. The zero-order valence-electron chi connectivity index (χ0n) is 9.66. The van der Waals surface area contributed by atoms with Crippen LogP contribution in [0.4, 0.5) is 4.39 Å². The molecule has 0 radical (unpaired) electrons. The molecule has 0 aromatic heterocycles. The smallest absolute Gasteiger partial charge is 0.123 e. The summed E-state index contributed by atoms with van der Waals surface area (Å²) in [4.78, 5) is 0. The maximum Gasteiger partial charge on any atom is 0.123 e. The van der Waals surface area contributed by atoms with Crippen molar-refractivity contribution in [3.8, 4) is 11.8 Å². The summed E-state index contributed by atoms with van der Waals surface area (Å²) in [7, 11) is 0. The van der Waals surface area contributed by atoms with Gasteiger partial charge in [-0.3, -0.25) is 0 Å². The van der Waals surface area contributed by atoms with Crippen molar-refractivity contribution < 1.29 is 9.13 Å². The van der Waals surface area contributed by atoms with Crippen molar-refractivity contribution in [1.82, 2.24) is 0 Å². The van der Waals surface area contributed by atoms with E-state index in [4.69, 9.17) is 33.2 Å². The predicted molar refractivity (Wildman–Crippen MR) is 71.9 cm³/mol. The summed E-state index contributed by atoms with van der Waals surface area (Å²) in [5.74, 6) is 0.0919. The zero-order valence-corrected chi connectivity index (χ0v) is 11.2. The van der Waals surface area contributed by atoms with Crippen LogP contribution in [-0.2, 0) is 6.61 Å². The molecule has 19 heavy (non-hydrogen) atoms. The second-order valence-corrected chi connectivity index (χ2v) is 4.59. The molecule has 5 heteroatoms. The molecule has 0 aliphatic heterocycles. The van der Waals surface area contributed by atoms with Crippen LogP contribution in [0.2, 0.25) is 10.0 Å². The van der Waals surface area contributed by atoms with Crippen LogP contribution in [0, 0.1) is 17.1 Å². The Morgan fingerprint density at radius 2 is 1.89 bits per heavy atom. The lowest BCUT2D eigenvalue weighted by molar-refractivity contribution is 0.305. The van der Waals surface area contributed by atoms with Gasteiger partial charge in [-0.05, 0) is 30.3 Å². The Balaban J connectivity index is 2.16. The Bertz CT molecular complexity index is 652. The molecule has 0 bridgehead atoms. The van der Waals surface area contributed by atoms with Crippen molar-refractivity contribution in [1.29, 1.82) is 5.26 Å². The van der Waals surface area contributed by atoms with Gasteiger partial charge in [-0.2, -0.15) is 5.26 Å². The number of nitrogens with zero attached hydrogens (tertiary/aromatic N) is 1. The molecule has 0 heterocycles.